The minimum absolute atomic E-state index is 0.118. The second-order valence-electron chi connectivity index (χ2n) is 5.66. The van der Waals surface area contributed by atoms with E-state index in [0.717, 1.165) is 11.1 Å². The van der Waals surface area contributed by atoms with E-state index >= 15 is 0 Å². The predicted octanol–water partition coefficient (Wildman–Crippen LogP) is 2.62. The third-order valence-electron chi connectivity index (χ3n) is 3.93. The van der Waals surface area contributed by atoms with Crippen LogP contribution in [0.25, 0.3) is 0 Å². The first-order valence-electron chi connectivity index (χ1n) is 7.61. The van der Waals surface area contributed by atoms with Crippen LogP contribution in [0.4, 0.5) is 10.5 Å². The number of anilines is 1. The standard InChI is InChI=1S/C18H19N3O2/c19-16-8-6-15(7-9-16)12-20-11-10-17(22)21(18(20)23)13-14-4-2-1-3-5-14/h1-9H,10-13,19H2. The Morgan fingerprint density at radius 1 is 0.870 bits per heavy atom. The minimum atomic E-state index is -0.234. The van der Waals surface area contributed by atoms with E-state index in [4.69, 9.17) is 5.73 Å². The van der Waals surface area contributed by atoms with Crippen LogP contribution in [0.5, 0.6) is 0 Å². The fraction of sp³-hybridized carbons (Fsp3) is 0.222. The maximum absolute atomic E-state index is 12.6. The number of nitrogen functional groups attached to an aromatic ring is 1. The zero-order chi connectivity index (χ0) is 16.2. The summed E-state index contributed by atoms with van der Waals surface area (Å²) >= 11 is 0. The molecule has 0 unspecified atom stereocenters. The molecule has 0 saturated carbocycles. The quantitative estimate of drug-likeness (QED) is 0.883. The van der Waals surface area contributed by atoms with Crippen LogP contribution in [0.2, 0.25) is 0 Å². The van der Waals surface area contributed by atoms with Crippen molar-refractivity contribution in [2.45, 2.75) is 19.5 Å². The van der Waals surface area contributed by atoms with Crippen molar-refractivity contribution >= 4 is 17.6 Å². The summed E-state index contributed by atoms with van der Waals surface area (Å²) in [6, 6.07) is 16.8. The Hall–Kier alpha value is -2.82. The normalized spacial score (nSPS) is 15.1. The number of nitrogens with two attached hydrogens (primary N) is 1. The molecule has 5 nitrogen and oxygen atoms in total. The van der Waals surface area contributed by atoms with Crippen molar-refractivity contribution < 1.29 is 9.59 Å². The van der Waals surface area contributed by atoms with Gasteiger partial charge >= 0.3 is 6.03 Å². The molecule has 3 amide bonds. The van der Waals surface area contributed by atoms with Crippen molar-refractivity contribution in [3.05, 3.63) is 65.7 Å². The average Bonchev–Trinajstić information content (AvgIpc) is 2.57. The van der Waals surface area contributed by atoms with E-state index in [0.29, 0.717) is 31.7 Å². The van der Waals surface area contributed by atoms with Crippen LogP contribution in [-0.4, -0.2) is 28.3 Å². The molecule has 1 aliphatic rings. The molecule has 1 heterocycles. The lowest BCUT2D eigenvalue weighted by Gasteiger charge is -2.34. The van der Waals surface area contributed by atoms with Gasteiger partial charge in [-0.3, -0.25) is 9.69 Å². The van der Waals surface area contributed by atoms with Gasteiger partial charge in [0.2, 0.25) is 5.91 Å². The molecule has 0 atom stereocenters. The molecule has 1 aliphatic heterocycles. The third-order valence-corrected chi connectivity index (χ3v) is 3.93. The highest BCUT2D eigenvalue weighted by molar-refractivity contribution is 5.96. The smallest absolute Gasteiger partial charge is 0.327 e. The van der Waals surface area contributed by atoms with Gasteiger partial charge in [0.1, 0.15) is 0 Å². The lowest BCUT2D eigenvalue weighted by atomic mass is 10.1. The van der Waals surface area contributed by atoms with Crippen molar-refractivity contribution in [2.24, 2.45) is 0 Å². The summed E-state index contributed by atoms with van der Waals surface area (Å²) in [6.45, 7) is 1.25. The summed E-state index contributed by atoms with van der Waals surface area (Å²) < 4.78 is 0. The van der Waals surface area contributed by atoms with Crippen molar-refractivity contribution in [1.82, 2.24) is 9.80 Å². The molecule has 118 valence electrons. The van der Waals surface area contributed by atoms with Gasteiger partial charge in [0.15, 0.2) is 0 Å². The van der Waals surface area contributed by atoms with Crippen LogP contribution in [0.3, 0.4) is 0 Å². The number of nitrogens with zero attached hydrogens (tertiary/aromatic N) is 2. The number of hydrogen-bond acceptors (Lipinski definition) is 3. The second-order valence-corrected chi connectivity index (χ2v) is 5.66. The fourth-order valence-electron chi connectivity index (χ4n) is 2.65. The number of benzene rings is 2. The van der Waals surface area contributed by atoms with Crippen LogP contribution >= 0.6 is 0 Å². The number of urea groups is 1. The Balaban J connectivity index is 1.72. The lowest BCUT2D eigenvalue weighted by Crippen LogP contribution is -2.51. The summed E-state index contributed by atoms with van der Waals surface area (Å²) in [5.74, 6) is -0.118. The van der Waals surface area contributed by atoms with E-state index in [2.05, 4.69) is 0 Å². The number of carbonyl (C=O) groups excluding carboxylic acids is 2. The van der Waals surface area contributed by atoms with Crippen LogP contribution in [0.1, 0.15) is 17.5 Å². The molecule has 2 aromatic carbocycles. The Bertz CT molecular complexity index is 698. The number of imide groups is 1. The number of rotatable bonds is 4. The molecule has 2 N–H and O–H groups in total. The summed E-state index contributed by atoms with van der Waals surface area (Å²) in [4.78, 5) is 27.8. The number of carbonyl (C=O) groups is 2. The van der Waals surface area contributed by atoms with Crippen LogP contribution in [0, 0.1) is 0 Å². The molecule has 1 saturated heterocycles. The van der Waals surface area contributed by atoms with E-state index in [9.17, 15) is 9.59 Å². The molecule has 0 aliphatic carbocycles. The van der Waals surface area contributed by atoms with E-state index in [1.54, 1.807) is 4.90 Å². The van der Waals surface area contributed by atoms with Crippen LogP contribution in [0.15, 0.2) is 54.6 Å². The first-order valence-corrected chi connectivity index (χ1v) is 7.61. The van der Waals surface area contributed by atoms with Gasteiger partial charge < -0.3 is 10.6 Å². The van der Waals surface area contributed by atoms with Crippen molar-refractivity contribution in [1.29, 1.82) is 0 Å². The van der Waals surface area contributed by atoms with E-state index < -0.39 is 0 Å². The fourth-order valence-corrected chi connectivity index (χ4v) is 2.65. The highest BCUT2D eigenvalue weighted by Gasteiger charge is 2.31. The molecule has 23 heavy (non-hydrogen) atoms. The largest absolute Gasteiger partial charge is 0.399 e. The molecule has 0 bridgehead atoms. The van der Waals surface area contributed by atoms with Crippen molar-refractivity contribution in [3.63, 3.8) is 0 Å². The topological polar surface area (TPSA) is 66.6 Å². The van der Waals surface area contributed by atoms with Gasteiger partial charge in [0.05, 0.1) is 6.54 Å². The molecular formula is C18H19N3O2. The summed E-state index contributed by atoms with van der Waals surface area (Å²) in [6.07, 6.45) is 0.355. The third kappa shape index (κ3) is 3.51. The second kappa shape index (κ2) is 6.52. The van der Waals surface area contributed by atoms with Gasteiger partial charge in [-0.25, -0.2) is 4.79 Å². The zero-order valence-corrected chi connectivity index (χ0v) is 12.8. The van der Waals surface area contributed by atoms with E-state index in [1.807, 2.05) is 54.6 Å². The maximum atomic E-state index is 12.6. The number of amides is 3. The summed E-state index contributed by atoms with van der Waals surface area (Å²) in [5, 5.41) is 0. The molecule has 5 heteroatoms. The average molecular weight is 309 g/mol. The van der Waals surface area contributed by atoms with Gasteiger partial charge in [-0.05, 0) is 23.3 Å². The first-order chi connectivity index (χ1) is 11.1. The Morgan fingerprint density at radius 3 is 2.22 bits per heavy atom. The monoisotopic (exact) mass is 309 g/mol. The van der Waals surface area contributed by atoms with E-state index in [-0.39, 0.29) is 11.9 Å². The Kier molecular flexibility index (Phi) is 4.28. The summed E-state index contributed by atoms with van der Waals surface area (Å²) in [7, 11) is 0. The van der Waals surface area contributed by atoms with Crippen LogP contribution in [-0.2, 0) is 17.9 Å². The molecule has 0 aromatic heterocycles. The van der Waals surface area contributed by atoms with Gasteiger partial charge in [0.25, 0.3) is 0 Å². The van der Waals surface area contributed by atoms with Crippen LogP contribution < -0.4 is 5.73 Å². The molecule has 2 aromatic rings. The molecule has 0 spiro atoms. The highest BCUT2D eigenvalue weighted by atomic mass is 16.2. The highest BCUT2D eigenvalue weighted by Crippen LogP contribution is 2.18. The first kappa shape index (κ1) is 15.1. The summed E-state index contributed by atoms with van der Waals surface area (Å²) in [5.41, 5.74) is 8.32. The number of hydrogen-bond donors (Lipinski definition) is 1. The van der Waals surface area contributed by atoms with Gasteiger partial charge in [-0.1, -0.05) is 42.5 Å². The van der Waals surface area contributed by atoms with Gasteiger partial charge in [0, 0.05) is 25.2 Å². The molecule has 1 fully saturated rings. The molecular weight excluding hydrogens is 290 g/mol. The molecule has 0 radical (unpaired) electrons. The molecule has 3 rings (SSSR count). The Labute approximate surface area is 135 Å². The predicted molar refractivity (Wildman–Crippen MR) is 88.3 cm³/mol. The maximum Gasteiger partial charge on any atom is 0.327 e. The van der Waals surface area contributed by atoms with E-state index in [1.165, 1.54) is 4.90 Å². The zero-order valence-electron chi connectivity index (χ0n) is 12.8. The SMILES string of the molecule is Nc1ccc(CN2CCC(=O)N(Cc3ccccc3)C2=O)cc1. The van der Waals surface area contributed by atoms with Crippen molar-refractivity contribution in [2.75, 3.05) is 12.3 Å². The Morgan fingerprint density at radius 2 is 1.52 bits per heavy atom. The lowest BCUT2D eigenvalue weighted by molar-refractivity contribution is -0.131. The minimum Gasteiger partial charge on any atom is -0.399 e. The van der Waals surface area contributed by atoms with Gasteiger partial charge in [-0.2, -0.15) is 0 Å². The van der Waals surface area contributed by atoms with Crippen molar-refractivity contribution in [3.8, 4) is 0 Å². The van der Waals surface area contributed by atoms with Gasteiger partial charge in [-0.15, -0.1) is 0 Å².